The molecule has 1 amide bonds. The average Bonchev–Trinajstić information content (AvgIpc) is 3.34. The highest BCUT2D eigenvalue weighted by atomic mass is 16.5. The standard InChI is InChI=1S/C62H117NO5/c1-3-5-7-9-11-13-14-15-29-33-36-40-44-48-52-56-62(67)68-57-53-49-45-41-37-34-31-28-26-24-22-20-18-16-17-19-21-23-25-27-30-32-35-39-43-47-51-55-61(66)63-59(58-64)60(65)54-50-46-42-38-12-10-8-6-4-2/h15-17,29,50,54,59-60,64-65H,3-14,18-28,30-49,51-53,55-58H2,1-2H3,(H,63,66)/b17-16-,29-15-,54-50+. The quantitative estimate of drug-likeness (QED) is 0.0321. The first-order valence-electron chi connectivity index (χ1n) is 30.3. The van der Waals surface area contributed by atoms with Gasteiger partial charge in [0.2, 0.25) is 5.91 Å². The SMILES string of the molecule is CCCCCCCC/C=C\CCCCCCCC(=O)OCCCCCCCCCCCCCC/C=C\CCCCCCCCCCCCCC(=O)NC(CO)C(O)/C=C/CCCCCCCCC. The molecule has 2 unspecified atom stereocenters. The van der Waals surface area contributed by atoms with Crippen LogP contribution < -0.4 is 5.32 Å². The van der Waals surface area contributed by atoms with Gasteiger partial charge in [-0.05, 0) is 83.5 Å². The number of rotatable bonds is 56. The number of hydrogen-bond acceptors (Lipinski definition) is 5. The zero-order valence-corrected chi connectivity index (χ0v) is 45.6. The molecule has 0 aliphatic rings. The summed E-state index contributed by atoms with van der Waals surface area (Å²) in [4.78, 5) is 24.4. The van der Waals surface area contributed by atoms with Crippen molar-refractivity contribution in [2.75, 3.05) is 13.2 Å². The number of ether oxygens (including phenoxy) is 1. The van der Waals surface area contributed by atoms with E-state index in [1.54, 1.807) is 6.08 Å². The van der Waals surface area contributed by atoms with E-state index in [4.69, 9.17) is 4.74 Å². The second-order valence-corrected chi connectivity index (χ2v) is 20.7. The van der Waals surface area contributed by atoms with Gasteiger partial charge < -0.3 is 20.3 Å². The molecule has 0 rings (SSSR count). The van der Waals surface area contributed by atoms with E-state index >= 15 is 0 Å². The molecule has 0 aromatic rings. The first-order chi connectivity index (χ1) is 33.5. The summed E-state index contributed by atoms with van der Waals surface area (Å²) < 4.78 is 5.48. The minimum Gasteiger partial charge on any atom is -0.466 e. The maximum atomic E-state index is 12.4. The molecule has 68 heavy (non-hydrogen) atoms. The lowest BCUT2D eigenvalue weighted by atomic mass is 10.0. The van der Waals surface area contributed by atoms with Gasteiger partial charge in [0, 0.05) is 12.8 Å². The monoisotopic (exact) mass is 956 g/mol. The van der Waals surface area contributed by atoms with Crippen LogP contribution in [0.1, 0.15) is 322 Å². The van der Waals surface area contributed by atoms with Gasteiger partial charge in [0.25, 0.3) is 0 Å². The van der Waals surface area contributed by atoms with Crippen LogP contribution in [0.4, 0.5) is 0 Å². The van der Waals surface area contributed by atoms with E-state index in [9.17, 15) is 19.8 Å². The fraction of sp³-hybridized carbons (Fsp3) is 0.871. The summed E-state index contributed by atoms with van der Waals surface area (Å²) in [6.45, 7) is 4.87. The van der Waals surface area contributed by atoms with E-state index in [2.05, 4.69) is 43.5 Å². The summed E-state index contributed by atoms with van der Waals surface area (Å²) in [5.74, 6) is -0.0649. The second-order valence-electron chi connectivity index (χ2n) is 20.7. The van der Waals surface area contributed by atoms with Crippen LogP contribution in [0.2, 0.25) is 0 Å². The van der Waals surface area contributed by atoms with E-state index < -0.39 is 12.1 Å². The predicted molar refractivity (Wildman–Crippen MR) is 296 cm³/mol. The van der Waals surface area contributed by atoms with E-state index in [1.807, 2.05) is 6.08 Å². The van der Waals surface area contributed by atoms with Crippen LogP contribution in [0.15, 0.2) is 36.5 Å². The summed E-state index contributed by atoms with van der Waals surface area (Å²) >= 11 is 0. The predicted octanol–water partition coefficient (Wildman–Crippen LogP) is 18.8. The largest absolute Gasteiger partial charge is 0.466 e. The molecule has 3 N–H and O–H groups in total. The van der Waals surface area contributed by atoms with Crippen molar-refractivity contribution >= 4 is 11.9 Å². The molecule has 0 heterocycles. The molecule has 6 nitrogen and oxygen atoms in total. The fourth-order valence-electron chi connectivity index (χ4n) is 9.21. The maximum absolute atomic E-state index is 12.4. The first kappa shape index (κ1) is 66.1. The Morgan fingerprint density at radius 3 is 1.04 bits per heavy atom. The lowest BCUT2D eigenvalue weighted by Gasteiger charge is -2.20. The van der Waals surface area contributed by atoms with Crippen molar-refractivity contribution in [1.82, 2.24) is 5.32 Å². The lowest BCUT2D eigenvalue weighted by Crippen LogP contribution is -2.45. The van der Waals surface area contributed by atoms with Crippen molar-refractivity contribution in [1.29, 1.82) is 0 Å². The zero-order valence-electron chi connectivity index (χ0n) is 45.6. The highest BCUT2D eigenvalue weighted by Gasteiger charge is 2.18. The molecule has 6 heteroatoms. The molecule has 0 saturated carbocycles. The number of aliphatic hydroxyl groups excluding tert-OH is 2. The van der Waals surface area contributed by atoms with E-state index in [-0.39, 0.29) is 18.5 Å². The van der Waals surface area contributed by atoms with Crippen molar-refractivity contribution in [3.05, 3.63) is 36.5 Å². The third-order valence-corrected chi connectivity index (χ3v) is 13.9. The Labute approximate surface area is 424 Å². The van der Waals surface area contributed by atoms with Gasteiger partial charge >= 0.3 is 5.97 Å². The van der Waals surface area contributed by atoms with Gasteiger partial charge in [0.05, 0.1) is 25.4 Å². The zero-order chi connectivity index (χ0) is 49.3. The topological polar surface area (TPSA) is 95.9 Å². The highest BCUT2D eigenvalue weighted by Crippen LogP contribution is 2.16. The lowest BCUT2D eigenvalue weighted by molar-refractivity contribution is -0.143. The van der Waals surface area contributed by atoms with Crippen molar-refractivity contribution in [3.63, 3.8) is 0 Å². The minimum atomic E-state index is -0.842. The molecule has 0 radical (unpaired) electrons. The molecular weight excluding hydrogens is 839 g/mol. The van der Waals surface area contributed by atoms with Crippen LogP contribution in [-0.4, -0.2) is 47.4 Å². The third-order valence-electron chi connectivity index (χ3n) is 13.9. The van der Waals surface area contributed by atoms with Crippen LogP contribution in [0.5, 0.6) is 0 Å². The van der Waals surface area contributed by atoms with Crippen LogP contribution >= 0.6 is 0 Å². The molecule has 2 atom stereocenters. The summed E-state index contributed by atoms with van der Waals surface area (Å²) in [6, 6.07) is -0.626. The Hall–Kier alpha value is -1.92. The van der Waals surface area contributed by atoms with Crippen molar-refractivity contribution in [2.24, 2.45) is 0 Å². The summed E-state index contributed by atoms with van der Waals surface area (Å²) in [5.41, 5.74) is 0. The third kappa shape index (κ3) is 53.4. The van der Waals surface area contributed by atoms with Gasteiger partial charge in [-0.3, -0.25) is 9.59 Å². The van der Waals surface area contributed by atoms with Crippen molar-refractivity contribution < 1.29 is 24.5 Å². The molecule has 0 saturated heterocycles. The van der Waals surface area contributed by atoms with E-state index in [0.717, 1.165) is 44.9 Å². The molecule has 0 aliphatic heterocycles. The number of unbranched alkanes of at least 4 members (excludes halogenated alkanes) is 41. The Morgan fingerprint density at radius 1 is 0.397 bits per heavy atom. The average molecular weight is 957 g/mol. The smallest absolute Gasteiger partial charge is 0.305 e. The number of nitrogens with one attached hydrogen (secondary N) is 1. The van der Waals surface area contributed by atoms with E-state index in [1.165, 1.54) is 250 Å². The second kappa shape index (κ2) is 57.7. The number of amides is 1. The van der Waals surface area contributed by atoms with Gasteiger partial charge in [0.1, 0.15) is 0 Å². The molecule has 0 aromatic heterocycles. The normalized spacial score (nSPS) is 12.8. The van der Waals surface area contributed by atoms with Crippen molar-refractivity contribution in [3.8, 4) is 0 Å². The number of esters is 1. The summed E-state index contributed by atoms with van der Waals surface area (Å²) in [6.07, 6.45) is 72.0. The first-order valence-corrected chi connectivity index (χ1v) is 30.3. The van der Waals surface area contributed by atoms with Crippen molar-refractivity contribution in [2.45, 2.75) is 334 Å². The molecule has 0 fully saturated rings. The number of aliphatic hydroxyl groups is 2. The molecule has 0 bridgehead atoms. The molecular formula is C62H117NO5. The summed E-state index contributed by atoms with van der Waals surface area (Å²) in [5, 5.41) is 22.9. The highest BCUT2D eigenvalue weighted by molar-refractivity contribution is 5.76. The Balaban J connectivity index is 3.37. The minimum absolute atomic E-state index is 0.00649. The number of hydrogen-bond donors (Lipinski definition) is 3. The number of carbonyl (C=O) groups excluding carboxylic acids is 2. The maximum Gasteiger partial charge on any atom is 0.305 e. The van der Waals surface area contributed by atoms with E-state index in [0.29, 0.717) is 19.4 Å². The molecule has 0 aromatic carbocycles. The van der Waals surface area contributed by atoms with Crippen LogP contribution in [0.25, 0.3) is 0 Å². The van der Waals surface area contributed by atoms with Gasteiger partial charge in [0.15, 0.2) is 0 Å². The Kier molecular flexibility index (Phi) is 56.0. The Morgan fingerprint density at radius 2 is 0.691 bits per heavy atom. The summed E-state index contributed by atoms with van der Waals surface area (Å²) in [7, 11) is 0. The molecule has 0 spiro atoms. The molecule has 400 valence electrons. The van der Waals surface area contributed by atoms with Crippen LogP contribution in [-0.2, 0) is 14.3 Å². The molecule has 0 aliphatic carbocycles. The van der Waals surface area contributed by atoms with Gasteiger partial charge in [-0.2, -0.15) is 0 Å². The van der Waals surface area contributed by atoms with Crippen LogP contribution in [0.3, 0.4) is 0 Å². The number of carbonyl (C=O) groups is 2. The fourth-order valence-corrected chi connectivity index (χ4v) is 9.21. The Bertz CT molecular complexity index is 1100. The van der Waals surface area contributed by atoms with Crippen LogP contribution in [0, 0.1) is 0 Å². The van der Waals surface area contributed by atoms with Gasteiger partial charge in [-0.15, -0.1) is 0 Å². The number of allylic oxidation sites excluding steroid dienone is 5. The van der Waals surface area contributed by atoms with Gasteiger partial charge in [-0.1, -0.05) is 262 Å². The van der Waals surface area contributed by atoms with Gasteiger partial charge in [-0.25, -0.2) is 0 Å².